The Morgan fingerprint density at radius 3 is 2.25 bits per heavy atom. The van der Waals surface area contributed by atoms with E-state index in [1.807, 2.05) is 71.9 Å². The highest BCUT2D eigenvalue weighted by atomic mass is 16.6. The van der Waals surface area contributed by atoms with Gasteiger partial charge in [-0.05, 0) is 53.7 Å². The molecule has 0 aliphatic heterocycles. The number of hydrogen-bond donors (Lipinski definition) is 0. The van der Waals surface area contributed by atoms with Gasteiger partial charge in [-0.15, -0.1) is 6.58 Å². The lowest BCUT2D eigenvalue weighted by Crippen LogP contribution is -2.37. The van der Waals surface area contributed by atoms with Gasteiger partial charge in [0.1, 0.15) is 11.2 Å². The van der Waals surface area contributed by atoms with E-state index in [1.165, 1.54) is 9.47 Å². The Balaban J connectivity index is 2.44. The molecule has 0 fully saturated rings. The van der Waals surface area contributed by atoms with E-state index in [2.05, 4.69) is 6.58 Å². The summed E-state index contributed by atoms with van der Waals surface area (Å²) in [6.07, 6.45) is 0.685. The molecular weight excluding hydrogens is 356 g/mol. The van der Waals surface area contributed by atoms with Crippen molar-refractivity contribution < 1.29 is 19.1 Å². The molecule has 1 aromatic carbocycles. The first-order chi connectivity index (χ1) is 12.9. The van der Waals surface area contributed by atoms with E-state index in [1.54, 1.807) is 6.08 Å². The van der Waals surface area contributed by atoms with Crippen LogP contribution in [-0.2, 0) is 16.0 Å². The Kier molecular flexibility index (Phi) is 6.22. The topological polar surface area (TPSA) is 60.8 Å². The van der Waals surface area contributed by atoms with Crippen LogP contribution in [0.15, 0.2) is 43.0 Å². The number of para-hydroxylation sites is 1. The van der Waals surface area contributed by atoms with Crippen molar-refractivity contribution in [3.8, 4) is 0 Å². The molecular formula is C22H30N2O4. The minimum atomic E-state index is -0.633. The Bertz CT molecular complexity index is 869. The van der Waals surface area contributed by atoms with E-state index >= 15 is 0 Å². The van der Waals surface area contributed by atoms with Crippen LogP contribution in [0.5, 0.6) is 0 Å². The molecule has 0 atom stereocenters. The molecule has 0 unspecified atom stereocenters. The third-order valence-electron chi connectivity index (χ3n) is 3.72. The number of ether oxygens (including phenoxy) is 2. The summed E-state index contributed by atoms with van der Waals surface area (Å²) in [6, 6.07) is 9.43. The quantitative estimate of drug-likeness (QED) is 0.665. The van der Waals surface area contributed by atoms with Gasteiger partial charge in [0.15, 0.2) is 0 Å². The molecule has 1 heterocycles. The lowest BCUT2D eigenvalue weighted by atomic mass is 10.2. The molecule has 0 aliphatic rings. The first kappa shape index (κ1) is 21.5. The van der Waals surface area contributed by atoms with Gasteiger partial charge < -0.3 is 9.47 Å². The van der Waals surface area contributed by atoms with Gasteiger partial charge in [-0.3, -0.25) is 4.90 Å². The number of fused-ring (bicyclic) bond motifs is 1. The first-order valence-electron chi connectivity index (χ1n) is 9.33. The van der Waals surface area contributed by atoms with Gasteiger partial charge in [-0.1, -0.05) is 24.3 Å². The number of benzene rings is 1. The maximum atomic E-state index is 12.9. The van der Waals surface area contributed by atoms with Crippen LogP contribution < -0.4 is 0 Å². The lowest BCUT2D eigenvalue weighted by Gasteiger charge is -2.27. The predicted molar refractivity (Wildman–Crippen MR) is 110 cm³/mol. The van der Waals surface area contributed by atoms with Crippen molar-refractivity contribution in [1.29, 1.82) is 0 Å². The average molecular weight is 386 g/mol. The van der Waals surface area contributed by atoms with Crippen molar-refractivity contribution in [2.75, 3.05) is 6.54 Å². The number of carbonyl (C=O) groups excluding carboxylic acids is 2. The van der Waals surface area contributed by atoms with E-state index < -0.39 is 23.4 Å². The Hall–Kier alpha value is -2.76. The first-order valence-corrected chi connectivity index (χ1v) is 9.33. The largest absolute Gasteiger partial charge is 0.444 e. The van der Waals surface area contributed by atoms with Crippen LogP contribution in [0, 0.1) is 0 Å². The van der Waals surface area contributed by atoms with Crippen LogP contribution in [0.1, 0.15) is 47.2 Å². The van der Waals surface area contributed by atoms with Crippen LogP contribution in [0.4, 0.5) is 9.59 Å². The number of carbonyl (C=O) groups is 2. The summed E-state index contributed by atoms with van der Waals surface area (Å²) in [7, 11) is 0. The van der Waals surface area contributed by atoms with Crippen LogP contribution in [0.25, 0.3) is 10.9 Å². The van der Waals surface area contributed by atoms with Gasteiger partial charge in [0.05, 0.1) is 12.1 Å². The highest BCUT2D eigenvalue weighted by Crippen LogP contribution is 2.23. The molecule has 6 nitrogen and oxygen atoms in total. The zero-order chi connectivity index (χ0) is 21.1. The van der Waals surface area contributed by atoms with Crippen LogP contribution in [0.3, 0.4) is 0 Å². The molecule has 0 bridgehead atoms. The summed E-state index contributed by atoms with van der Waals surface area (Å²) in [6.45, 7) is 15.1. The van der Waals surface area contributed by atoms with Crippen molar-refractivity contribution in [2.24, 2.45) is 0 Å². The van der Waals surface area contributed by atoms with E-state index in [0.717, 1.165) is 10.9 Å². The summed E-state index contributed by atoms with van der Waals surface area (Å²) in [5, 5.41) is 0.895. The highest BCUT2D eigenvalue weighted by molar-refractivity contribution is 5.91. The monoisotopic (exact) mass is 386 g/mol. The number of aromatic nitrogens is 1. The maximum Gasteiger partial charge on any atom is 0.419 e. The maximum absolute atomic E-state index is 12.9. The average Bonchev–Trinajstić information content (AvgIpc) is 2.89. The summed E-state index contributed by atoms with van der Waals surface area (Å²) < 4.78 is 12.6. The zero-order valence-corrected chi connectivity index (χ0v) is 17.6. The van der Waals surface area contributed by atoms with Crippen LogP contribution >= 0.6 is 0 Å². The Morgan fingerprint density at radius 1 is 1.07 bits per heavy atom. The van der Waals surface area contributed by atoms with Crippen molar-refractivity contribution in [3.05, 3.63) is 48.7 Å². The van der Waals surface area contributed by atoms with Crippen molar-refractivity contribution in [3.63, 3.8) is 0 Å². The smallest absolute Gasteiger partial charge is 0.419 e. The number of rotatable bonds is 4. The lowest BCUT2D eigenvalue weighted by molar-refractivity contribution is 0.0246. The number of hydrogen-bond acceptors (Lipinski definition) is 4. The second-order valence-electron chi connectivity index (χ2n) is 8.66. The third kappa shape index (κ3) is 5.62. The van der Waals surface area contributed by atoms with Crippen molar-refractivity contribution >= 4 is 23.1 Å². The van der Waals surface area contributed by atoms with Gasteiger partial charge in [-0.2, -0.15) is 0 Å². The summed E-state index contributed by atoms with van der Waals surface area (Å²) in [5.74, 6) is 0. The van der Waals surface area contributed by atoms with Gasteiger partial charge in [0.2, 0.25) is 0 Å². The Labute approximate surface area is 166 Å². The standard InChI is InChI=1S/C22H30N2O4/c1-8-13-23(19(25)27-21(2,3)4)15-17-14-16-11-9-10-12-18(16)24(17)20(26)28-22(5,6)7/h8-12,14H,1,13,15H2,2-7H3. The molecule has 0 saturated heterocycles. The molecule has 2 aromatic rings. The van der Waals surface area contributed by atoms with Gasteiger partial charge >= 0.3 is 12.2 Å². The normalized spacial score (nSPS) is 11.9. The van der Waals surface area contributed by atoms with Crippen molar-refractivity contribution in [2.45, 2.75) is 59.3 Å². The fourth-order valence-electron chi connectivity index (χ4n) is 2.73. The summed E-state index contributed by atoms with van der Waals surface area (Å²) in [4.78, 5) is 27.0. The van der Waals surface area contributed by atoms with E-state index in [-0.39, 0.29) is 6.54 Å². The zero-order valence-electron chi connectivity index (χ0n) is 17.6. The van der Waals surface area contributed by atoms with Gasteiger partial charge in [-0.25, -0.2) is 14.2 Å². The summed E-state index contributed by atoms with van der Waals surface area (Å²) >= 11 is 0. The molecule has 0 aliphatic carbocycles. The molecule has 28 heavy (non-hydrogen) atoms. The van der Waals surface area contributed by atoms with Crippen molar-refractivity contribution in [1.82, 2.24) is 9.47 Å². The molecule has 0 spiro atoms. The SMILES string of the molecule is C=CCN(Cc1cc2ccccc2n1C(=O)OC(C)(C)C)C(=O)OC(C)(C)C. The van der Waals surface area contributed by atoms with Gasteiger partial charge in [0, 0.05) is 17.6 Å². The molecule has 0 radical (unpaired) electrons. The molecule has 1 aromatic heterocycles. The fourth-order valence-corrected chi connectivity index (χ4v) is 2.73. The minimum absolute atomic E-state index is 0.189. The second kappa shape index (κ2) is 8.09. The predicted octanol–water partition coefficient (Wildman–Crippen LogP) is 5.35. The van der Waals surface area contributed by atoms with Crippen LogP contribution in [0.2, 0.25) is 0 Å². The van der Waals surface area contributed by atoms with E-state index in [9.17, 15) is 9.59 Å². The second-order valence-corrected chi connectivity index (χ2v) is 8.66. The fraction of sp³-hybridized carbons (Fsp3) is 0.455. The Morgan fingerprint density at radius 2 is 1.68 bits per heavy atom. The summed E-state index contributed by atoms with van der Waals surface area (Å²) in [5.41, 5.74) is 0.123. The molecule has 152 valence electrons. The van der Waals surface area contributed by atoms with E-state index in [0.29, 0.717) is 12.2 Å². The molecule has 2 rings (SSSR count). The van der Waals surface area contributed by atoms with Crippen LogP contribution in [-0.4, -0.2) is 39.4 Å². The molecule has 6 heteroatoms. The third-order valence-corrected chi connectivity index (χ3v) is 3.72. The van der Waals surface area contributed by atoms with Gasteiger partial charge in [0.25, 0.3) is 0 Å². The molecule has 0 N–H and O–H groups in total. The molecule has 0 saturated carbocycles. The van der Waals surface area contributed by atoms with E-state index in [4.69, 9.17) is 9.47 Å². The number of nitrogens with zero attached hydrogens (tertiary/aromatic N) is 2. The number of amides is 1. The minimum Gasteiger partial charge on any atom is -0.444 e. The highest BCUT2D eigenvalue weighted by Gasteiger charge is 2.26. The molecule has 1 amide bonds.